The van der Waals surface area contributed by atoms with Gasteiger partial charge in [0, 0.05) is 23.3 Å². The largest absolute Gasteiger partial charge is 0.481 e. The van der Waals surface area contributed by atoms with Gasteiger partial charge in [-0.05, 0) is 5.57 Å². The Bertz CT molecular complexity index is 1420. The Hall–Kier alpha value is -3.75. The number of rotatable bonds is 12. The van der Waals surface area contributed by atoms with Gasteiger partial charge in [0.2, 0.25) is 11.0 Å². The second-order valence-corrected chi connectivity index (χ2v) is 12.1. The highest BCUT2D eigenvalue weighted by atomic mass is 32.2. The van der Waals surface area contributed by atoms with Gasteiger partial charge in [0.1, 0.15) is 29.9 Å². The number of β-lactam (4-membered cyclic amide) rings is 1. The fraction of sp³-hybridized carbons (Fsp3) is 0.350. The number of nitrogens with zero attached hydrogens (tertiary/aromatic N) is 5. The summed E-state index contributed by atoms with van der Waals surface area (Å²) >= 11 is 4.61. The molecule has 4 heterocycles. The van der Waals surface area contributed by atoms with Gasteiger partial charge in [-0.1, -0.05) is 28.3 Å². The van der Waals surface area contributed by atoms with E-state index in [4.69, 9.17) is 15.7 Å². The minimum absolute atomic E-state index is 0.170. The molecule has 3 amide bonds. The molecule has 6 N–H and O–H groups in total. The first kappa shape index (κ1) is 29.2. The average molecular weight is 629 g/mol. The van der Waals surface area contributed by atoms with E-state index in [2.05, 4.69) is 31.0 Å². The number of hydrogen-bond donors (Lipinski definition) is 5. The van der Waals surface area contributed by atoms with Crippen LogP contribution in [0.5, 0.6) is 0 Å². The Balaban J connectivity index is 1.40. The smallest absolute Gasteiger partial charge is 0.352 e. The molecule has 2 aliphatic rings. The van der Waals surface area contributed by atoms with E-state index < -0.39 is 41.1 Å². The van der Waals surface area contributed by atoms with Gasteiger partial charge in [-0.3, -0.25) is 24.1 Å². The number of nitrogens with one attached hydrogen (secondary N) is 2. The number of nitrogen functional groups attached to an aromatic ring is 1. The van der Waals surface area contributed by atoms with Crippen molar-refractivity contribution in [3.8, 4) is 0 Å². The maximum Gasteiger partial charge on any atom is 0.352 e. The van der Waals surface area contributed by atoms with Gasteiger partial charge in [0.15, 0.2) is 15.2 Å². The number of thioether (sulfide) groups is 2. The molecule has 2 aliphatic heterocycles. The highest BCUT2D eigenvalue weighted by molar-refractivity contribution is 8.01. The van der Waals surface area contributed by atoms with Crippen molar-refractivity contribution in [1.29, 1.82) is 0 Å². The summed E-state index contributed by atoms with van der Waals surface area (Å²) in [7, 11) is 1.25. The Labute approximate surface area is 241 Å². The number of carboxylic acids is 2. The van der Waals surface area contributed by atoms with Crippen molar-refractivity contribution in [2.24, 2.45) is 5.16 Å². The second-order valence-electron chi connectivity index (χ2n) is 7.92. The van der Waals surface area contributed by atoms with E-state index in [0.717, 1.165) is 27.6 Å². The molecule has 2 aromatic heterocycles. The first-order valence-corrected chi connectivity index (χ1v) is 14.8. The van der Waals surface area contributed by atoms with Crippen LogP contribution in [-0.2, 0) is 28.8 Å². The normalized spacial score (nSPS) is 18.6. The van der Waals surface area contributed by atoms with Crippen LogP contribution in [-0.4, -0.2) is 95.7 Å². The number of thiazole rings is 1. The number of aliphatic carboxylic acids is 2. The minimum Gasteiger partial charge on any atom is -0.481 e. The van der Waals surface area contributed by atoms with Crippen LogP contribution in [0.1, 0.15) is 18.5 Å². The summed E-state index contributed by atoms with van der Waals surface area (Å²) in [4.78, 5) is 70.2. The van der Waals surface area contributed by atoms with Gasteiger partial charge in [-0.2, -0.15) is 0 Å². The number of oxime groups is 1. The molecular formula is C20H20N8O8S4. The highest BCUT2D eigenvalue weighted by Crippen LogP contribution is 2.42. The molecule has 1 saturated heterocycles. The van der Waals surface area contributed by atoms with Crippen LogP contribution in [0.2, 0.25) is 0 Å². The molecule has 0 aliphatic carbocycles. The topological polar surface area (TPSA) is 239 Å². The fourth-order valence-corrected chi connectivity index (χ4v) is 7.37. The predicted octanol–water partition coefficient (Wildman–Crippen LogP) is 0.262. The summed E-state index contributed by atoms with van der Waals surface area (Å²) in [6.07, 6.45) is -0.532. The number of carboxylic acid groups (broad SMARTS) is 2. The van der Waals surface area contributed by atoms with Crippen LogP contribution in [0.15, 0.2) is 26.1 Å². The SMILES string of the molecule is CON=C(C(=O)NC1C(=O)N2C(C(=O)O)=C(CSc3nnc(NC(=O)CCC(=O)O)s3)CS[C@@H]12)c1csc(N)n1. The van der Waals surface area contributed by atoms with Gasteiger partial charge >= 0.3 is 11.9 Å². The summed E-state index contributed by atoms with van der Waals surface area (Å²) in [6, 6.07) is -0.991. The van der Waals surface area contributed by atoms with Crippen LogP contribution in [0, 0.1) is 0 Å². The summed E-state index contributed by atoms with van der Waals surface area (Å²) in [5, 5.41) is 36.3. The van der Waals surface area contributed by atoms with Gasteiger partial charge < -0.3 is 31.4 Å². The first-order chi connectivity index (χ1) is 19.1. The maximum atomic E-state index is 13.0. The van der Waals surface area contributed by atoms with Crippen molar-refractivity contribution in [2.75, 3.05) is 29.7 Å². The summed E-state index contributed by atoms with van der Waals surface area (Å²) < 4.78 is 0.436. The van der Waals surface area contributed by atoms with E-state index in [9.17, 15) is 29.1 Å². The molecule has 0 saturated carbocycles. The zero-order valence-corrected chi connectivity index (χ0v) is 23.6. The molecule has 2 atom stereocenters. The number of amides is 3. The number of aromatic nitrogens is 3. The molecule has 1 unspecified atom stereocenters. The summed E-state index contributed by atoms with van der Waals surface area (Å²) in [6.45, 7) is 0. The number of carbonyl (C=O) groups excluding carboxylic acids is 3. The third-order valence-electron chi connectivity index (χ3n) is 5.29. The predicted molar refractivity (Wildman–Crippen MR) is 146 cm³/mol. The third kappa shape index (κ3) is 6.51. The number of anilines is 2. The lowest BCUT2D eigenvalue weighted by atomic mass is 10.0. The lowest BCUT2D eigenvalue weighted by molar-refractivity contribution is -0.150. The van der Waals surface area contributed by atoms with E-state index in [0.29, 0.717) is 9.91 Å². The lowest BCUT2D eigenvalue weighted by Crippen LogP contribution is -2.71. The van der Waals surface area contributed by atoms with Crippen LogP contribution >= 0.6 is 46.2 Å². The molecule has 40 heavy (non-hydrogen) atoms. The monoisotopic (exact) mass is 628 g/mol. The van der Waals surface area contributed by atoms with E-state index in [-0.39, 0.29) is 51.7 Å². The van der Waals surface area contributed by atoms with Crippen LogP contribution in [0.25, 0.3) is 0 Å². The van der Waals surface area contributed by atoms with Crippen LogP contribution in [0.4, 0.5) is 10.3 Å². The van der Waals surface area contributed by atoms with E-state index in [1.165, 1.54) is 36.0 Å². The van der Waals surface area contributed by atoms with Crippen LogP contribution < -0.4 is 16.4 Å². The molecule has 0 aromatic carbocycles. The van der Waals surface area contributed by atoms with Gasteiger partial charge in [0.25, 0.3) is 11.8 Å². The zero-order valence-electron chi connectivity index (χ0n) is 20.4. The minimum atomic E-state index is -1.29. The van der Waals surface area contributed by atoms with Crippen molar-refractivity contribution in [3.63, 3.8) is 0 Å². The Morgan fingerprint density at radius 3 is 2.70 bits per heavy atom. The Kier molecular flexibility index (Phi) is 9.22. The number of fused-ring (bicyclic) bond motifs is 1. The second kappa shape index (κ2) is 12.6. The summed E-state index contributed by atoms with van der Waals surface area (Å²) in [5.41, 5.74) is 5.93. The van der Waals surface area contributed by atoms with Crippen molar-refractivity contribution in [2.45, 2.75) is 28.6 Å². The van der Waals surface area contributed by atoms with Crippen LogP contribution in [0.3, 0.4) is 0 Å². The number of nitrogens with two attached hydrogens (primary N) is 1. The van der Waals surface area contributed by atoms with Gasteiger partial charge in [-0.25, -0.2) is 9.78 Å². The van der Waals surface area contributed by atoms with E-state index in [1.807, 2.05) is 0 Å². The standard InChI is InChI=1S/C20H20N8O8S4/c1-36-27-11(8-6-38-18(21)22-8)14(32)24-12-15(33)28-13(17(34)35)7(4-37-16(12)28)5-39-20-26-25-19(40-20)23-9(29)2-3-10(30)31/h6,12,16H,2-5H2,1H3,(H2,21,22)(H,24,32)(H,30,31)(H,34,35)(H,23,25,29)/t12?,16-/m0/s1. The molecular weight excluding hydrogens is 609 g/mol. The van der Waals surface area contributed by atoms with Gasteiger partial charge in [0.05, 0.1) is 6.42 Å². The molecule has 16 nitrogen and oxygen atoms in total. The Morgan fingerprint density at radius 2 is 2.05 bits per heavy atom. The zero-order chi connectivity index (χ0) is 29.0. The maximum absolute atomic E-state index is 13.0. The molecule has 4 rings (SSSR count). The van der Waals surface area contributed by atoms with Gasteiger partial charge in [-0.15, -0.1) is 33.3 Å². The molecule has 0 radical (unpaired) electrons. The molecule has 2 aromatic rings. The molecule has 0 spiro atoms. The van der Waals surface area contributed by atoms with Crippen molar-refractivity contribution in [1.82, 2.24) is 25.4 Å². The average Bonchev–Trinajstić information content (AvgIpc) is 3.55. The Morgan fingerprint density at radius 1 is 1.27 bits per heavy atom. The molecule has 212 valence electrons. The quantitative estimate of drug-likeness (QED) is 0.0697. The molecule has 20 heteroatoms. The number of hydrogen-bond acceptors (Lipinski definition) is 15. The fourth-order valence-electron chi connectivity index (χ4n) is 3.57. The molecule has 0 bridgehead atoms. The summed E-state index contributed by atoms with van der Waals surface area (Å²) in [5.74, 6) is -3.78. The van der Waals surface area contributed by atoms with Crippen molar-refractivity contribution < 1.29 is 39.0 Å². The van der Waals surface area contributed by atoms with Crippen molar-refractivity contribution in [3.05, 3.63) is 22.3 Å². The van der Waals surface area contributed by atoms with E-state index >= 15 is 0 Å². The highest BCUT2D eigenvalue weighted by Gasteiger charge is 2.54. The number of carbonyl (C=O) groups is 5. The lowest BCUT2D eigenvalue weighted by Gasteiger charge is -2.49. The van der Waals surface area contributed by atoms with E-state index in [1.54, 1.807) is 0 Å². The third-order valence-corrected chi connectivity index (χ3v) is 9.36. The first-order valence-electron chi connectivity index (χ1n) is 11.1. The molecule has 1 fully saturated rings. The van der Waals surface area contributed by atoms with Crippen molar-refractivity contribution >= 4 is 91.8 Å².